The molecule has 3 aromatic rings. The summed E-state index contributed by atoms with van der Waals surface area (Å²) in [4.78, 5) is 27.2. The van der Waals surface area contributed by atoms with Gasteiger partial charge >= 0.3 is 0 Å². The van der Waals surface area contributed by atoms with E-state index in [0.29, 0.717) is 41.7 Å². The summed E-state index contributed by atoms with van der Waals surface area (Å²) in [6.45, 7) is 1.27. The first kappa shape index (κ1) is 22.6. The second kappa shape index (κ2) is 10.3. The van der Waals surface area contributed by atoms with Gasteiger partial charge in [0.1, 0.15) is 0 Å². The molecule has 1 aliphatic heterocycles. The maximum absolute atomic E-state index is 13.3. The highest BCUT2D eigenvalue weighted by atomic mass is 35.5. The van der Waals surface area contributed by atoms with Crippen molar-refractivity contribution in [2.45, 2.75) is 6.54 Å². The Hall–Kier alpha value is -3.61. The number of ether oxygens (including phenoxy) is 2. The van der Waals surface area contributed by atoms with Crippen molar-refractivity contribution in [3.8, 4) is 5.75 Å². The SMILES string of the molecule is COCCNC(=O)c1ccc(/C=C2\Oc3ccccc3N(Cc3ccc(Cl)cc3)C2=O)cc1. The van der Waals surface area contributed by atoms with E-state index in [4.69, 9.17) is 21.1 Å². The van der Waals surface area contributed by atoms with Gasteiger partial charge in [-0.3, -0.25) is 14.5 Å². The highest BCUT2D eigenvalue weighted by Gasteiger charge is 2.30. The highest BCUT2D eigenvalue weighted by molar-refractivity contribution is 6.30. The van der Waals surface area contributed by atoms with Crippen molar-refractivity contribution in [3.63, 3.8) is 0 Å². The number of hydrogen-bond donors (Lipinski definition) is 1. The first-order valence-electron chi connectivity index (χ1n) is 10.5. The maximum Gasteiger partial charge on any atom is 0.294 e. The number of halogens is 1. The number of benzene rings is 3. The number of anilines is 1. The minimum atomic E-state index is -0.245. The monoisotopic (exact) mass is 462 g/mol. The van der Waals surface area contributed by atoms with Crippen LogP contribution in [0.3, 0.4) is 0 Å². The topological polar surface area (TPSA) is 67.9 Å². The average molecular weight is 463 g/mol. The van der Waals surface area contributed by atoms with Crippen molar-refractivity contribution in [1.29, 1.82) is 0 Å². The van der Waals surface area contributed by atoms with Crippen LogP contribution in [0.4, 0.5) is 5.69 Å². The molecule has 1 N–H and O–H groups in total. The van der Waals surface area contributed by atoms with Gasteiger partial charge in [0, 0.05) is 24.2 Å². The lowest BCUT2D eigenvalue weighted by Gasteiger charge is -2.30. The number of nitrogens with one attached hydrogen (secondary N) is 1. The van der Waals surface area contributed by atoms with Gasteiger partial charge in [-0.05, 0) is 53.6 Å². The van der Waals surface area contributed by atoms with Crippen molar-refractivity contribution in [2.75, 3.05) is 25.2 Å². The fraction of sp³-hybridized carbons (Fsp3) is 0.154. The number of fused-ring (bicyclic) bond motifs is 1. The molecule has 0 aromatic heterocycles. The highest BCUT2D eigenvalue weighted by Crippen LogP contribution is 2.36. The Morgan fingerprint density at radius 1 is 1.06 bits per heavy atom. The predicted octanol–water partition coefficient (Wildman–Crippen LogP) is 4.68. The molecule has 168 valence electrons. The third-order valence-corrected chi connectivity index (χ3v) is 5.40. The first-order valence-corrected chi connectivity index (χ1v) is 10.8. The molecular weight excluding hydrogens is 440 g/mol. The van der Waals surface area contributed by atoms with E-state index in [-0.39, 0.29) is 17.6 Å². The minimum Gasteiger partial charge on any atom is -0.449 e. The van der Waals surface area contributed by atoms with Crippen LogP contribution in [-0.4, -0.2) is 32.1 Å². The van der Waals surface area contributed by atoms with Crippen LogP contribution in [0.25, 0.3) is 6.08 Å². The van der Waals surface area contributed by atoms with E-state index >= 15 is 0 Å². The standard InChI is InChI=1S/C26H23ClN2O4/c1-32-15-14-28-25(30)20-10-6-18(7-11-20)16-24-26(31)29(17-19-8-12-21(27)13-9-19)22-4-2-3-5-23(22)33-24/h2-13,16H,14-15,17H2,1H3,(H,28,30)/b24-16-. The summed E-state index contributed by atoms with van der Waals surface area (Å²) in [5.74, 6) is 0.385. The molecule has 0 saturated heterocycles. The lowest BCUT2D eigenvalue weighted by atomic mass is 10.1. The Bertz CT molecular complexity index is 1170. The van der Waals surface area contributed by atoms with Crippen molar-refractivity contribution in [1.82, 2.24) is 5.32 Å². The van der Waals surface area contributed by atoms with Crippen molar-refractivity contribution < 1.29 is 19.1 Å². The summed E-state index contributed by atoms with van der Waals surface area (Å²) >= 11 is 6.00. The number of methoxy groups -OCH3 is 1. The van der Waals surface area contributed by atoms with Crippen LogP contribution in [0.5, 0.6) is 5.75 Å². The van der Waals surface area contributed by atoms with Gasteiger partial charge in [-0.25, -0.2) is 0 Å². The maximum atomic E-state index is 13.3. The number of carbonyl (C=O) groups excluding carboxylic acids is 2. The van der Waals surface area contributed by atoms with Gasteiger partial charge in [-0.1, -0.05) is 48.0 Å². The Kier molecular flexibility index (Phi) is 7.07. The van der Waals surface area contributed by atoms with Crippen LogP contribution in [0.15, 0.2) is 78.6 Å². The summed E-state index contributed by atoms with van der Waals surface area (Å²) < 4.78 is 10.9. The Balaban J connectivity index is 1.57. The molecule has 6 nitrogen and oxygen atoms in total. The molecule has 2 amide bonds. The summed E-state index contributed by atoms with van der Waals surface area (Å²) in [6, 6.07) is 21.8. The van der Waals surface area contributed by atoms with Crippen molar-refractivity contribution in [2.24, 2.45) is 0 Å². The molecule has 0 bridgehead atoms. The second-order valence-electron chi connectivity index (χ2n) is 7.47. The van der Waals surface area contributed by atoms with Crippen LogP contribution < -0.4 is 15.0 Å². The number of hydrogen-bond acceptors (Lipinski definition) is 4. The number of para-hydroxylation sites is 2. The smallest absolute Gasteiger partial charge is 0.294 e. The Morgan fingerprint density at radius 3 is 2.52 bits per heavy atom. The van der Waals surface area contributed by atoms with Gasteiger partial charge in [-0.15, -0.1) is 0 Å². The molecule has 33 heavy (non-hydrogen) atoms. The molecule has 0 saturated carbocycles. The zero-order valence-corrected chi connectivity index (χ0v) is 18.8. The number of nitrogens with zero attached hydrogens (tertiary/aromatic N) is 1. The number of amides is 2. The molecule has 0 atom stereocenters. The molecule has 0 fully saturated rings. The van der Waals surface area contributed by atoms with Gasteiger partial charge < -0.3 is 14.8 Å². The zero-order valence-electron chi connectivity index (χ0n) is 18.1. The van der Waals surface area contributed by atoms with E-state index in [2.05, 4.69) is 5.32 Å². The van der Waals surface area contributed by atoms with Crippen LogP contribution in [0, 0.1) is 0 Å². The summed E-state index contributed by atoms with van der Waals surface area (Å²) in [5.41, 5.74) is 2.93. The fourth-order valence-electron chi connectivity index (χ4n) is 3.44. The predicted molar refractivity (Wildman–Crippen MR) is 128 cm³/mol. The molecule has 4 rings (SSSR count). The zero-order chi connectivity index (χ0) is 23.2. The van der Waals surface area contributed by atoms with Gasteiger partial charge in [0.25, 0.3) is 11.8 Å². The molecule has 0 radical (unpaired) electrons. The lowest BCUT2D eigenvalue weighted by molar-refractivity contribution is -0.117. The van der Waals surface area contributed by atoms with E-state index in [1.54, 1.807) is 54.5 Å². The van der Waals surface area contributed by atoms with Crippen LogP contribution in [0.1, 0.15) is 21.5 Å². The van der Waals surface area contributed by atoms with Gasteiger partial charge in [0.05, 0.1) is 18.8 Å². The van der Waals surface area contributed by atoms with E-state index in [1.165, 1.54) is 0 Å². The van der Waals surface area contributed by atoms with Gasteiger partial charge in [0.15, 0.2) is 11.5 Å². The average Bonchev–Trinajstić information content (AvgIpc) is 2.83. The summed E-state index contributed by atoms with van der Waals surface area (Å²) in [5, 5.41) is 3.42. The fourth-order valence-corrected chi connectivity index (χ4v) is 3.57. The molecular formula is C26H23ClN2O4. The molecule has 7 heteroatoms. The van der Waals surface area contributed by atoms with E-state index in [1.807, 2.05) is 36.4 Å². The normalized spacial score (nSPS) is 14.1. The summed E-state index contributed by atoms with van der Waals surface area (Å²) in [7, 11) is 1.58. The quantitative estimate of drug-likeness (QED) is 0.409. The third kappa shape index (κ3) is 5.42. The lowest BCUT2D eigenvalue weighted by Crippen LogP contribution is -2.36. The van der Waals surface area contributed by atoms with E-state index in [9.17, 15) is 9.59 Å². The van der Waals surface area contributed by atoms with Crippen molar-refractivity contribution in [3.05, 3.63) is 100 Å². The molecule has 0 aliphatic carbocycles. The van der Waals surface area contributed by atoms with Gasteiger partial charge in [-0.2, -0.15) is 0 Å². The third-order valence-electron chi connectivity index (χ3n) is 5.15. The molecule has 0 spiro atoms. The van der Waals surface area contributed by atoms with Crippen molar-refractivity contribution >= 4 is 35.2 Å². The van der Waals surface area contributed by atoms with Crippen LogP contribution >= 0.6 is 11.6 Å². The molecule has 0 unspecified atom stereocenters. The van der Waals surface area contributed by atoms with Crippen LogP contribution in [-0.2, 0) is 16.1 Å². The first-order chi connectivity index (χ1) is 16.0. The second-order valence-corrected chi connectivity index (χ2v) is 7.90. The molecule has 1 aliphatic rings. The number of rotatable bonds is 7. The summed E-state index contributed by atoms with van der Waals surface area (Å²) in [6.07, 6.45) is 1.68. The molecule has 1 heterocycles. The van der Waals surface area contributed by atoms with E-state index < -0.39 is 0 Å². The minimum absolute atomic E-state index is 0.181. The molecule has 3 aromatic carbocycles. The van der Waals surface area contributed by atoms with Crippen LogP contribution in [0.2, 0.25) is 5.02 Å². The Labute approximate surface area is 197 Å². The largest absolute Gasteiger partial charge is 0.449 e. The number of carbonyl (C=O) groups is 2. The van der Waals surface area contributed by atoms with Gasteiger partial charge in [0.2, 0.25) is 0 Å². The van der Waals surface area contributed by atoms with E-state index in [0.717, 1.165) is 11.1 Å². The Morgan fingerprint density at radius 2 is 1.79 bits per heavy atom.